The molecule has 1 atom stereocenters. The molecule has 8 heteroatoms. The molecule has 1 aliphatic heterocycles. The van der Waals surface area contributed by atoms with Crippen LogP contribution in [-0.4, -0.2) is 18.9 Å². The number of esters is 1. The first-order valence-electron chi connectivity index (χ1n) is 11.1. The number of ether oxygens (including phenoxy) is 2. The fourth-order valence-electron chi connectivity index (χ4n) is 4.66. The average Bonchev–Trinajstić information content (AvgIpc) is 3.14. The number of dihydropyridines is 1. The standard InChI is InChI=1S/C28H20Br2INO4/c1-14-22(28(34)35-2)23(24-25(32-14)18-5-3-4-6-19(18)26(24)33)16-11-20(30)27(21(31)12-16)36-13-15-7-9-17(29)10-8-15/h3-12,23,32H,13H2,1-2H3/t23-/m1/s1. The summed E-state index contributed by atoms with van der Waals surface area (Å²) in [6.45, 7) is 2.24. The normalized spacial score (nSPS) is 16.5. The Morgan fingerprint density at radius 1 is 1.06 bits per heavy atom. The fourth-order valence-corrected chi connectivity index (χ4v) is 6.70. The molecule has 182 valence electrons. The van der Waals surface area contributed by atoms with Crippen LogP contribution in [0.2, 0.25) is 0 Å². The van der Waals surface area contributed by atoms with E-state index < -0.39 is 11.9 Å². The molecule has 0 fully saturated rings. The first-order valence-corrected chi connectivity index (χ1v) is 13.8. The molecule has 0 saturated carbocycles. The van der Waals surface area contributed by atoms with Gasteiger partial charge in [-0.2, -0.15) is 0 Å². The lowest BCUT2D eigenvalue weighted by Crippen LogP contribution is -2.29. The number of methoxy groups -OCH3 is 1. The molecule has 36 heavy (non-hydrogen) atoms. The quantitative estimate of drug-likeness (QED) is 0.225. The van der Waals surface area contributed by atoms with Crippen LogP contribution in [0.3, 0.4) is 0 Å². The van der Waals surface area contributed by atoms with Crippen molar-refractivity contribution in [2.45, 2.75) is 19.4 Å². The van der Waals surface area contributed by atoms with Crippen molar-refractivity contribution in [1.29, 1.82) is 0 Å². The maximum Gasteiger partial charge on any atom is 0.336 e. The molecule has 0 bridgehead atoms. The van der Waals surface area contributed by atoms with Crippen molar-refractivity contribution >= 4 is 71.9 Å². The topological polar surface area (TPSA) is 64.6 Å². The van der Waals surface area contributed by atoms with E-state index in [1.807, 2.05) is 67.6 Å². The van der Waals surface area contributed by atoms with Gasteiger partial charge in [0.25, 0.3) is 0 Å². The van der Waals surface area contributed by atoms with E-state index in [-0.39, 0.29) is 5.78 Å². The molecule has 3 aromatic rings. The monoisotopic (exact) mass is 719 g/mol. The summed E-state index contributed by atoms with van der Waals surface area (Å²) in [5.41, 5.74) is 5.69. The minimum absolute atomic E-state index is 0.0892. The van der Waals surface area contributed by atoms with Crippen LogP contribution in [0.1, 0.15) is 39.9 Å². The van der Waals surface area contributed by atoms with E-state index in [4.69, 9.17) is 9.47 Å². The van der Waals surface area contributed by atoms with Gasteiger partial charge in [0.15, 0.2) is 5.78 Å². The number of carbonyl (C=O) groups excluding carboxylic acids is 2. The number of halogens is 3. The Hall–Kier alpha value is -2.43. The van der Waals surface area contributed by atoms with Gasteiger partial charge in [-0.1, -0.05) is 52.3 Å². The molecule has 0 aromatic heterocycles. The van der Waals surface area contributed by atoms with Gasteiger partial charge in [0.2, 0.25) is 0 Å². The van der Waals surface area contributed by atoms with Gasteiger partial charge in [0.1, 0.15) is 12.4 Å². The van der Waals surface area contributed by atoms with Crippen LogP contribution >= 0.6 is 54.5 Å². The number of hydrogen-bond acceptors (Lipinski definition) is 5. The molecule has 1 aliphatic carbocycles. The van der Waals surface area contributed by atoms with Crippen LogP contribution in [0.25, 0.3) is 5.70 Å². The first-order chi connectivity index (χ1) is 17.3. The van der Waals surface area contributed by atoms with Crippen LogP contribution in [0.4, 0.5) is 0 Å². The van der Waals surface area contributed by atoms with Gasteiger partial charge in [0, 0.05) is 32.8 Å². The number of benzene rings is 3. The van der Waals surface area contributed by atoms with Gasteiger partial charge in [-0.3, -0.25) is 4.79 Å². The largest absolute Gasteiger partial charge is 0.487 e. The zero-order valence-electron chi connectivity index (χ0n) is 19.3. The maximum absolute atomic E-state index is 13.6. The SMILES string of the molecule is COC(=O)C1=C(C)NC2=C(C(=O)c3ccccc32)[C@@H]1c1cc(Br)c(OCc2ccc(Br)cc2)c(I)c1. The average molecular weight is 721 g/mol. The molecular formula is C28H20Br2INO4. The lowest BCUT2D eigenvalue weighted by Gasteiger charge is -2.29. The lowest BCUT2D eigenvalue weighted by atomic mass is 9.80. The second-order valence-corrected chi connectivity index (χ2v) is 11.4. The highest BCUT2D eigenvalue weighted by Crippen LogP contribution is 2.48. The van der Waals surface area contributed by atoms with E-state index in [0.717, 1.165) is 34.9 Å². The summed E-state index contributed by atoms with van der Waals surface area (Å²) < 4.78 is 13.9. The molecule has 2 aliphatic rings. The summed E-state index contributed by atoms with van der Waals surface area (Å²) >= 11 is 9.35. The summed E-state index contributed by atoms with van der Waals surface area (Å²) in [4.78, 5) is 26.5. The first kappa shape index (κ1) is 25.2. The van der Waals surface area contributed by atoms with E-state index in [0.29, 0.717) is 34.8 Å². The van der Waals surface area contributed by atoms with Crippen molar-refractivity contribution in [3.63, 3.8) is 0 Å². The van der Waals surface area contributed by atoms with Crippen LogP contribution in [-0.2, 0) is 16.1 Å². The van der Waals surface area contributed by atoms with Crippen molar-refractivity contribution in [3.05, 3.63) is 112 Å². The minimum atomic E-state index is -0.584. The molecule has 3 aromatic carbocycles. The van der Waals surface area contributed by atoms with Crippen molar-refractivity contribution in [2.24, 2.45) is 0 Å². The Morgan fingerprint density at radius 2 is 1.75 bits per heavy atom. The Morgan fingerprint density at radius 3 is 2.42 bits per heavy atom. The van der Waals surface area contributed by atoms with Gasteiger partial charge in [0.05, 0.1) is 26.4 Å². The highest BCUT2D eigenvalue weighted by atomic mass is 127. The van der Waals surface area contributed by atoms with E-state index >= 15 is 0 Å². The Labute approximate surface area is 239 Å². The summed E-state index contributed by atoms with van der Waals surface area (Å²) in [6, 6.07) is 19.3. The molecule has 5 nitrogen and oxygen atoms in total. The number of rotatable bonds is 5. The van der Waals surface area contributed by atoms with Crippen LogP contribution < -0.4 is 10.1 Å². The van der Waals surface area contributed by atoms with Crippen LogP contribution in [0.5, 0.6) is 5.75 Å². The third-order valence-corrected chi connectivity index (χ3v) is 8.22. The number of hydrogen-bond donors (Lipinski definition) is 1. The Kier molecular flexibility index (Phi) is 7.11. The lowest BCUT2D eigenvalue weighted by molar-refractivity contribution is -0.136. The second kappa shape index (κ2) is 10.1. The van der Waals surface area contributed by atoms with Crippen molar-refractivity contribution in [3.8, 4) is 5.75 Å². The predicted molar refractivity (Wildman–Crippen MR) is 154 cm³/mol. The molecule has 0 saturated heterocycles. The number of Topliss-reactive ketones (excluding diaryl/α,β-unsaturated/α-hetero) is 1. The molecule has 0 unspecified atom stereocenters. The van der Waals surface area contributed by atoms with Crippen LogP contribution in [0.15, 0.2) is 86.5 Å². The number of allylic oxidation sites excluding steroid dienone is 2. The maximum atomic E-state index is 13.6. The van der Waals surface area contributed by atoms with E-state index in [2.05, 4.69) is 59.8 Å². The highest BCUT2D eigenvalue weighted by molar-refractivity contribution is 14.1. The summed E-state index contributed by atoms with van der Waals surface area (Å²) in [7, 11) is 1.35. The summed E-state index contributed by atoms with van der Waals surface area (Å²) in [5, 5.41) is 3.31. The van der Waals surface area contributed by atoms with E-state index in [9.17, 15) is 9.59 Å². The molecule has 0 spiro atoms. The number of fused-ring (bicyclic) bond motifs is 2. The van der Waals surface area contributed by atoms with Crippen LogP contribution in [0, 0.1) is 3.57 Å². The Balaban J connectivity index is 1.57. The van der Waals surface area contributed by atoms with Crippen molar-refractivity contribution in [1.82, 2.24) is 5.32 Å². The van der Waals surface area contributed by atoms with Gasteiger partial charge < -0.3 is 14.8 Å². The number of ketones is 1. The van der Waals surface area contributed by atoms with E-state index in [1.165, 1.54) is 7.11 Å². The van der Waals surface area contributed by atoms with Gasteiger partial charge in [-0.25, -0.2) is 4.79 Å². The molecule has 5 rings (SSSR count). The molecule has 1 heterocycles. The predicted octanol–water partition coefficient (Wildman–Crippen LogP) is 7.14. The summed E-state index contributed by atoms with van der Waals surface area (Å²) in [5.74, 6) is -0.443. The Bertz CT molecular complexity index is 1450. The minimum Gasteiger partial charge on any atom is -0.487 e. The summed E-state index contributed by atoms with van der Waals surface area (Å²) in [6.07, 6.45) is 0. The fraction of sp³-hybridized carbons (Fsp3) is 0.143. The molecule has 1 N–H and O–H groups in total. The second-order valence-electron chi connectivity index (χ2n) is 8.48. The van der Waals surface area contributed by atoms with Gasteiger partial charge in [-0.05, 0) is 80.8 Å². The number of nitrogens with one attached hydrogen (secondary N) is 1. The number of carbonyl (C=O) groups is 2. The molecule has 0 amide bonds. The molecule has 0 radical (unpaired) electrons. The smallest absolute Gasteiger partial charge is 0.336 e. The molecular weight excluding hydrogens is 701 g/mol. The van der Waals surface area contributed by atoms with Gasteiger partial charge >= 0.3 is 5.97 Å². The zero-order chi connectivity index (χ0) is 25.6. The van der Waals surface area contributed by atoms with Crippen molar-refractivity contribution in [2.75, 3.05) is 7.11 Å². The van der Waals surface area contributed by atoms with E-state index in [1.54, 1.807) is 0 Å². The van der Waals surface area contributed by atoms with Crippen molar-refractivity contribution < 1.29 is 19.1 Å². The third kappa shape index (κ3) is 4.43. The highest BCUT2D eigenvalue weighted by Gasteiger charge is 2.43. The zero-order valence-corrected chi connectivity index (χ0v) is 24.7. The third-order valence-electron chi connectivity index (χ3n) is 6.30. The van der Waals surface area contributed by atoms with Gasteiger partial charge in [-0.15, -0.1) is 0 Å².